The number of hydrogen-bond donors (Lipinski definition) is 1. The molecule has 0 fully saturated rings. The minimum Gasteiger partial charge on any atom is -0.373 e. The first kappa shape index (κ1) is 12.1. The maximum absolute atomic E-state index is 13.7. The molecule has 1 aromatic carbocycles. The predicted octanol–water partition coefficient (Wildman–Crippen LogP) is 4.02. The van der Waals surface area contributed by atoms with Gasteiger partial charge >= 0.3 is 0 Å². The van der Waals surface area contributed by atoms with Crippen LogP contribution in [-0.2, 0) is 6.42 Å². The molecule has 0 saturated heterocycles. The summed E-state index contributed by atoms with van der Waals surface area (Å²) in [7, 11) is 1.81. The molecule has 1 N–H and O–H groups in total. The molecule has 2 nitrogen and oxygen atoms in total. The summed E-state index contributed by atoms with van der Waals surface area (Å²) in [5.41, 5.74) is 1.53. The maximum atomic E-state index is 13.7. The normalized spacial score (nSPS) is 10.8. The number of benzene rings is 1. The van der Waals surface area contributed by atoms with E-state index in [1.165, 1.54) is 12.1 Å². The summed E-state index contributed by atoms with van der Waals surface area (Å²) in [6, 6.07) is 4.74. The summed E-state index contributed by atoms with van der Waals surface area (Å²) in [5, 5.41) is 3.99. The molecule has 0 aliphatic rings. The van der Waals surface area contributed by atoms with Gasteiger partial charge in [0.05, 0.1) is 10.5 Å². The Morgan fingerprint density at radius 1 is 1.41 bits per heavy atom. The SMILES string of the molecule is CCCc1cc2c(F)ccc(Cl)c2nc1NC. The van der Waals surface area contributed by atoms with Crippen LogP contribution >= 0.6 is 11.6 Å². The average molecular weight is 253 g/mol. The first-order valence-corrected chi connectivity index (χ1v) is 6.00. The van der Waals surface area contributed by atoms with E-state index in [1.807, 2.05) is 6.07 Å². The molecule has 0 aliphatic heterocycles. The molecule has 0 bridgehead atoms. The Bertz CT molecular complexity index is 555. The lowest BCUT2D eigenvalue weighted by atomic mass is 10.1. The second-order valence-corrected chi connectivity index (χ2v) is 4.33. The first-order valence-electron chi connectivity index (χ1n) is 5.62. The molecule has 1 aromatic heterocycles. The van der Waals surface area contributed by atoms with Gasteiger partial charge in [-0.1, -0.05) is 24.9 Å². The van der Waals surface area contributed by atoms with Gasteiger partial charge in [0.15, 0.2) is 0 Å². The molecule has 1 heterocycles. The standard InChI is InChI=1S/C13H14ClFN2/c1-3-4-8-7-9-11(15)6-5-10(14)12(9)17-13(8)16-2/h5-7H,3-4H2,1-2H3,(H,16,17). The molecule has 0 aliphatic carbocycles. The zero-order valence-corrected chi connectivity index (χ0v) is 10.6. The van der Waals surface area contributed by atoms with Gasteiger partial charge in [0.25, 0.3) is 0 Å². The van der Waals surface area contributed by atoms with Gasteiger partial charge in [0.2, 0.25) is 0 Å². The molecule has 0 amide bonds. The number of anilines is 1. The minimum atomic E-state index is -0.281. The van der Waals surface area contributed by atoms with Crippen molar-refractivity contribution in [3.8, 4) is 0 Å². The van der Waals surface area contributed by atoms with E-state index >= 15 is 0 Å². The summed E-state index contributed by atoms with van der Waals surface area (Å²) in [6.07, 6.45) is 1.86. The van der Waals surface area contributed by atoms with E-state index in [9.17, 15) is 4.39 Å². The molecule has 0 atom stereocenters. The molecular weight excluding hydrogens is 239 g/mol. The Morgan fingerprint density at radius 3 is 2.82 bits per heavy atom. The van der Waals surface area contributed by atoms with Crippen molar-refractivity contribution in [2.45, 2.75) is 19.8 Å². The van der Waals surface area contributed by atoms with Crippen molar-refractivity contribution >= 4 is 28.3 Å². The number of hydrogen-bond acceptors (Lipinski definition) is 2. The molecule has 2 aromatic rings. The third-order valence-corrected chi connectivity index (χ3v) is 3.02. The van der Waals surface area contributed by atoms with Gasteiger partial charge in [-0.3, -0.25) is 0 Å². The lowest BCUT2D eigenvalue weighted by Gasteiger charge is -2.10. The fraction of sp³-hybridized carbons (Fsp3) is 0.308. The number of halogens is 2. The molecule has 17 heavy (non-hydrogen) atoms. The Morgan fingerprint density at radius 2 is 2.18 bits per heavy atom. The number of aromatic nitrogens is 1. The van der Waals surface area contributed by atoms with Crippen LogP contribution in [0.5, 0.6) is 0 Å². The van der Waals surface area contributed by atoms with Crippen LogP contribution in [0.1, 0.15) is 18.9 Å². The molecule has 90 valence electrons. The van der Waals surface area contributed by atoms with Gasteiger partial charge < -0.3 is 5.32 Å². The molecule has 0 spiro atoms. The highest BCUT2D eigenvalue weighted by atomic mass is 35.5. The molecule has 4 heteroatoms. The maximum Gasteiger partial charge on any atom is 0.132 e. The largest absolute Gasteiger partial charge is 0.373 e. The van der Waals surface area contributed by atoms with Gasteiger partial charge in [-0.15, -0.1) is 0 Å². The van der Waals surface area contributed by atoms with Gasteiger partial charge in [0.1, 0.15) is 11.6 Å². The second kappa shape index (κ2) is 4.88. The van der Waals surface area contributed by atoms with Crippen molar-refractivity contribution in [1.29, 1.82) is 0 Å². The number of aryl methyl sites for hydroxylation is 1. The van der Waals surface area contributed by atoms with Gasteiger partial charge in [0, 0.05) is 12.4 Å². The predicted molar refractivity (Wildman–Crippen MR) is 70.3 cm³/mol. The summed E-state index contributed by atoms with van der Waals surface area (Å²) < 4.78 is 13.7. The lowest BCUT2D eigenvalue weighted by Crippen LogP contribution is -2.00. The lowest BCUT2D eigenvalue weighted by molar-refractivity contribution is 0.639. The molecular formula is C13H14ClFN2. The van der Waals surface area contributed by atoms with E-state index in [-0.39, 0.29) is 5.82 Å². The number of fused-ring (bicyclic) bond motifs is 1. The number of nitrogens with one attached hydrogen (secondary N) is 1. The zero-order chi connectivity index (χ0) is 12.4. The van der Waals surface area contributed by atoms with E-state index in [0.717, 1.165) is 24.2 Å². The van der Waals surface area contributed by atoms with E-state index < -0.39 is 0 Å². The Kier molecular flexibility index (Phi) is 3.48. The van der Waals surface area contributed by atoms with E-state index in [4.69, 9.17) is 11.6 Å². The van der Waals surface area contributed by atoms with Crippen LogP contribution in [0.15, 0.2) is 18.2 Å². The summed E-state index contributed by atoms with van der Waals surface area (Å²) in [6.45, 7) is 2.08. The smallest absolute Gasteiger partial charge is 0.132 e. The van der Waals surface area contributed by atoms with Crippen LogP contribution < -0.4 is 5.32 Å². The number of nitrogens with zero attached hydrogens (tertiary/aromatic N) is 1. The third kappa shape index (κ3) is 2.20. The summed E-state index contributed by atoms with van der Waals surface area (Å²) in [4.78, 5) is 4.39. The molecule has 0 radical (unpaired) electrons. The Hall–Kier alpha value is -1.35. The van der Waals surface area contributed by atoms with Gasteiger partial charge in [-0.25, -0.2) is 9.37 Å². The Labute approximate surface area is 105 Å². The van der Waals surface area contributed by atoms with E-state index in [1.54, 1.807) is 7.05 Å². The Balaban J connectivity index is 2.73. The number of rotatable bonds is 3. The van der Waals surface area contributed by atoms with Gasteiger partial charge in [-0.05, 0) is 30.2 Å². The quantitative estimate of drug-likeness (QED) is 0.892. The van der Waals surface area contributed by atoms with E-state index in [2.05, 4.69) is 17.2 Å². The van der Waals surface area contributed by atoms with Crippen LogP contribution in [0.2, 0.25) is 5.02 Å². The molecule has 0 saturated carbocycles. The van der Waals surface area contributed by atoms with Crippen LogP contribution in [0.3, 0.4) is 0 Å². The monoisotopic (exact) mass is 252 g/mol. The highest BCUT2D eigenvalue weighted by molar-refractivity contribution is 6.35. The fourth-order valence-corrected chi connectivity index (χ4v) is 2.12. The van der Waals surface area contributed by atoms with Crippen molar-refractivity contribution in [2.24, 2.45) is 0 Å². The van der Waals surface area contributed by atoms with Crippen LogP contribution in [-0.4, -0.2) is 12.0 Å². The van der Waals surface area contributed by atoms with Crippen LogP contribution in [0, 0.1) is 5.82 Å². The first-order chi connectivity index (χ1) is 8.17. The zero-order valence-electron chi connectivity index (χ0n) is 9.85. The van der Waals surface area contributed by atoms with Crippen molar-refractivity contribution < 1.29 is 4.39 Å². The fourth-order valence-electron chi connectivity index (χ4n) is 1.91. The summed E-state index contributed by atoms with van der Waals surface area (Å²) >= 11 is 6.03. The molecule has 0 unspecified atom stereocenters. The second-order valence-electron chi connectivity index (χ2n) is 3.92. The van der Waals surface area contributed by atoms with Crippen molar-refractivity contribution in [3.63, 3.8) is 0 Å². The minimum absolute atomic E-state index is 0.281. The highest BCUT2D eigenvalue weighted by Gasteiger charge is 2.10. The van der Waals surface area contributed by atoms with Gasteiger partial charge in [-0.2, -0.15) is 0 Å². The van der Waals surface area contributed by atoms with Crippen molar-refractivity contribution in [2.75, 3.05) is 12.4 Å². The van der Waals surface area contributed by atoms with Crippen LogP contribution in [0.25, 0.3) is 10.9 Å². The van der Waals surface area contributed by atoms with Crippen molar-refractivity contribution in [1.82, 2.24) is 4.98 Å². The third-order valence-electron chi connectivity index (χ3n) is 2.72. The van der Waals surface area contributed by atoms with Crippen LogP contribution in [0.4, 0.5) is 10.2 Å². The number of pyridine rings is 1. The molecule has 2 rings (SSSR count). The highest BCUT2D eigenvalue weighted by Crippen LogP contribution is 2.28. The summed E-state index contributed by atoms with van der Waals surface area (Å²) in [5.74, 6) is 0.490. The van der Waals surface area contributed by atoms with E-state index in [0.29, 0.717) is 15.9 Å². The van der Waals surface area contributed by atoms with Crippen molar-refractivity contribution in [3.05, 3.63) is 34.6 Å². The average Bonchev–Trinajstić information content (AvgIpc) is 2.34. The topological polar surface area (TPSA) is 24.9 Å².